The van der Waals surface area contributed by atoms with Gasteiger partial charge in [0.2, 0.25) is 0 Å². The zero-order chi connectivity index (χ0) is 8.27. The van der Waals surface area contributed by atoms with Crippen LogP contribution >= 0.6 is 10.5 Å². The van der Waals surface area contributed by atoms with Crippen molar-refractivity contribution < 1.29 is 14.3 Å². The number of aliphatic imine (C=N–C) groups is 1. The molecule has 0 aromatic rings. The molecule has 0 saturated heterocycles. The summed E-state index contributed by atoms with van der Waals surface area (Å²) in [6.45, 7) is 0. The molecule has 1 rings (SSSR count). The van der Waals surface area contributed by atoms with E-state index in [-0.39, 0.29) is 5.70 Å². The lowest BCUT2D eigenvalue weighted by atomic mass is 10.5. The lowest BCUT2D eigenvalue weighted by molar-refractivity contribution is -0.136. The highest BCUT2D eigenvalue weighted by molar-refractivity contribution is 8.28. The Hall–Kier alpha value is -1.19. The zero-order valence-electron chi connectivity index (χ0n) is 5.73. The topological polar surface area (TPSA) is 55.7 Å². The Labute approximate surface area is 65.5 Å². The van der Waals surface area contributed by atoms with Crippen molar-refractivity contribution in [2.75, 3.05) is 7.11 Å². The normalized spacial score (nSPS) is 20.8. The molecule has 11 heavy (non-hydrogen) atoms. The van der Waals surface area contributed by atoms with Gasteiger partial charge in [-0.25, -0.2) is 14.6 Å². The largest absolute Gasteiger partial charge is 0.464 e. The van der Waals surface area contributed by atoms with E-state index in [9.17, 15) is 9.59 Å². The van der Waals surface area contributed by atoms with E-state index in [0.29, 0.717) is 0 Å². The average Bonchev–Trinajstić information content (AvgIpc) is 2.50. The van der Waals surface area contributed by atoms with Crippen LogP contribution in [0.1, 0.15) is 0 Å². The summed E-state index contributed by atoms with van der Waals surface area (Å²) < 4.78 is 4.38. The fourth-order valence-corrected chi connectivity index (χ4v) is 1.32. The highest BCUT2D eigenvalue weighted by Crippen LogP contribution is 2.20. The van der Waals surface area contributed by atoms with Crippen molar-refractivity contribution in [3.8, 4) is 0 Å². The van der Waals surface area contributed by atoms with E-state index >= 15 is 0 Å². The van der Waals surface area contributed by atoms with Gasteiger partial charge >= 0.3 is 5.97 Å². The van der Waals surface area contributed by atoms with Crippen LogP contribution in [0.2, 0.25) is 0 Å². The maximum absolute atomic E-state index is 10.7. The number of rotatable bonds is 1. The van der Waals surface area contributed by atoms with Crippen molar-refractivity contribution in [3.05, 3.63) is 11.1 Å². The summed E-state index contributed by atoms with van der Waals surface area (Å²) in [5.41, 5.74) is 1.55. The van der Waals surface area contributed by atoms with Crippen LogP contribution in [0.4, 0.5) is 0 Å². The van der Waals surface area contributed by atoms with Crippen LogP contribution in [-0.2, 0) is 14.3 Å². The molecule has 0 radical (unpaired) electrons. The minimum atomic E-state index is -0.747. The third-order valence-electron chi connectivity index (χ3n) is 1.03. The fraction of sp³-hybridized carbons (Fsp3) is 0.167. The summed E-state index contributed by atoms with van der Waals surface area (Å²) in [6.07, 6.45) is 0. The van der Waals surface area contributed by atoms with Crippen LogP contribution in [0.15, 0.2) is 16.1 Å². The van der Waals surface area contributed by atoms with E-state index in [1.807, 2.05) is 0 Å². The van der Waals surface area contributed by atoms with E-state index in [1.54, 1.807) is 5.23 Å². The number of methoxy groups -OCH3 is 1. The number of esters is 1. The zero-order valence-corrected chi connectivity index (χ0v) is 6.55. The first kappa shape index (κ1) is 7.91. The van der Waals surface area contributed by atoms with Crippen molar-refractivity contribution in [2.24, 2.45) is 4.99 Å². The molecule has 0 N–H and O–H groups in total. The Bertz CT molecular complexity index is 299. The molecule has 1 atom stereocenters. The molecular weight excluding hydrogens is 166 g/mol. The summed E-state index contributed by atoms with van der Waals surface area (Å²) in [6, 6.07) is 0. The van der Waals surface area contributed by atoms with Gasteiger partial charge in [0.05, 0.1) is 12.7 Å². The highest BCUT2D eigenvalue weighted by atomic mass is 32.2. The van der Waals surface area contributed by atoms with E-state index in [2.05, 4.69) is 9.73 Å². The van der Waals surface area contributed by atoms with Crippen molar-refractivity contribution in [1.29, 1.82) is 0 Å². The van der Waals surface area contributed by atoms with Crippen LogP contribution in [0.25, 0.3) is 0 Å². The summed E-state index contributed by atoms with van der Waals surface area (Å²) >= 11 is 0. The van der Waals surface area contributed by atoms with E-state index in [1.165, 1.54) is 18.1 Å². The van der Waals surface area contributed by atoms with Crippen LogP contribution < -0.4 is 0 Å². The lowest BCUT2D eigenvalue weighted by Gasteiger charge is -1.92. The molecule has 0 bridgehead atoms. The molecule has 0 fully saturated rings. The summed E-state index contributed by atoms with van der Waals surface area (Å²) in [4.78, 5) is 24.5. The van der Waals surface area contributed by atoms with Crippen LogP contribution in [-0.4, -0.2) is 23.9 Å². The number of carbonyl (C=O) groups is 1. The van der Waals surface area contributed by atoms with Gasteiger partial charge in [-0.05, 0) is 10.5 Å². The molecule has 1 heterocycles. The Morgan fingerprint density at radius 1 is 1.82 bits per heavy atom. The van der Waals surface area contributed by atoms with Crippen LogP contribution in [0, 0.1) is 0 Å². The maximum atomic E-state index is 10.7. The van der Waals surface area contributed by atoms with Crippen LogP contribution in [0.3, 0.4) is 0 Å². The number of hydrogen-bond donors (Lipinski definition) is 0. The Morgan fingerprint density at radius 2 is 2.55 bits per heavy atom. The Morgan fingerprint density at radius 3 is 3.00 bits per heavy atom. The molecule has 4 nitrogen and oxygen atoms in total. The van der Waals surface area contributed by atoms with Gasteiger partial charge in [0.1, 0.15) is 0 Å². The summed E-state index contributed by atoms with van der Waals surface area (Å²) in [5.74, 6) is -0.522. The molecule has 5 heteroatoms. The third kappa shape index (κ3) is 1.63. The van der Waals surface area contributed by atoms with Crippen molar-refractivity contribution in [1.82, 2.24) is 0 Å². The third-order valence-corrected chi connectivity index (χ3v) is 2.04. The van der Waals surface area contributed by atoms with Gasteiger partial charge in [-0.15, -0.1) is 0 Å². The van der Waals surface area contributed by atoms with Gasteiger partial charge in [-0.2, -0.15) is 0 Å². The summed E-state index contributed by atoms with van der Waals surface area (Å²) in [7, 11) is 0.517. The highest BCUT2D eigenvalue weighted by Gasteiger charge is 2.12. The van der Waals surface area contributed by atoms with Gasteiger partial charge < -0.3 is 4.74 Å². The number of hydrogen-bond acceptors (Lipinski definition) is 4. The predicted octanol–water partition coefficient (Wildman–Crippen LogP) is 0.379. The van der Waals surface area contributed by atoms with Gasteiger partial charge in [0.25, 0.3) is 0 Å². The lowest BCUT2D eigenvalue weighted by Crippen LogP contribution is -2.00. The van der Waals surface area contributed by atoms with Gasteiger partial charge in [0, 0.05) is 5.41 Å². The predicted molar refractivity (Wildman–Crippen MR) is 41.9 cm³/mol. The SMILES string of the molecule is COC(=O)C1=CS(=C=O)C=N1. The first-order chi connectivity index (χ1) is 5.27. The average molecular weight is 171 g/mol. The van der Waals surface area contributed by atoms with Gasteiger partial charge in [-0.3, -0.25) is 0 Å². The standard InChI is InChI=1S/C6H5NO3S/c1-10-6(9)5-2-11(4-8)3-7-5/h2-3H,1H3. The molecule has 0 spiro atoms. The first-order valence-electron chi connectivity index (χ1n) is 2.72. The molecule has 0 aliphatic carbocycles. The first-order valence-corrected chi connectivity index (χ1v) is 4.07. The van der Waals surface area contributed by atoms with E-state index in [0.717, 1.165) is 0 Å². The van der Waals surface area contributed by atoms with Crippen molar-refractivity contribution >= 4 is 27.2 Å². The number of carbonyl (C=O) groups excluding carboxylic acids is 2. The maximum Gasteiger partial charge on any atom is 0.357 e. The molecule has 58 valence electrons. The fourth-order valence-electron chi connectivity index (χ4n) is 0.546. The monoisotopic (exact) mass is 171 g/mol. The van der Waals surface area contributed by atoms with Gasteiger partial charge in [-0.1, -0.05) is 0 Å². The minimum Gasteiger partial charge on any atom is -0.464 e. The molecule has 0 aromatic heterocycles. The second kappa shape index (κ2) is 3.27. The van der Waals surface area contributed by atoms with Gasteiger partial charge in [0.15, 0.2) is 10.9 Å². The smallest absolute Gasteiger partial charge is 0.357 e. The molecule has 0 amide bonds. The second-order valence-corrected chi connectivity index (χ2v) is 3.04. The van der Waals surface area contributed by atoms with Crippen molar-refractivity contribution in [2.45, 2.75) is 0 Å². The number of ether oxygens (including phenoxy) is 1. The van der Waals surface area contributed by atoms with E-state index in [4.69, 9.17) is 0 Å². The molecule has 1 unspecified atom stereocenters. The number of nitrogens with zero attached hydrogens (tertiary/aromatic N) is 1. The molecule has 1 aliphatic rings. The summed E-state index contributed by atoms with van der Waals surface area (Å²) in [5, 5.41) is 3.15. The second-order valence-electron chi connectivity index (χ2n) is 1.68. The van der Waals surface area contributed by atoms with Crippen LogP contribution in [0.5, 0.6) is 0 Å². The van der Waals surface area contributed by atoms with E-state index < -0.39 is 16.5 Å². The Balaban J connectivity index is 2.88. The molecule has 0 saturated carbocycles. The molecule has 0 aromatic carbocycles. The molecular formula is C6H5NO3S. The minimum absolute atomic E-state index is 0.180. The van der Waals surface area contributed by atoms with Crippen molar-refractivity contribution in [3.63, 3.8) is 0 Å². The Kier molecular flexibility index (Phi) is 2.36. The quantitative estimate of drug-likeness (QED) is 0.423. The molecule has 1 aliphatic heterocycles.